The summed E-state index contributed by atoms with van der Waals surface area (Å²) in [5, 5.41) is 14.3. The predicted molar refractivity (Wildman–Crippen MR) is 125 cm³/mol. The highest BCUT2D eigenvalue weighted by molar-refractivity contribution is 5.96. The SMILES string of the molecule is Cc1c(-c2cccc(C(F)(F)F)c2)c(=O)c(C(=O)NC2CNC(=O)C2)cn1Cc1ccc(C#N)cc1. The first kappa shape index (κ1) is 24.7. The molecule has 36 heavy (non-hydrogen) atoms. The lowest BCUT2D eigenvalue weighted by molar-refractivity contribution is -0.137. The van der Waals surface area contributed by atoms with Crippen LogP contribution < -0.4 is 16.1 Å². The fourth-order valence-corrected chi connectivity index (χ4v) is 4.12. The highest BCUT2D eigenvalue weighted by atomic mass is 19.4. The van der Waals surface area contributed by atoms with E-state index in [4.69, 9.17) is 5.26 Å². The minimum absolute atomic E-state index is 0.0250. The second-order valence-corrected chi connectivity index (χ2v) is 8.53. The van der Waals surface area contributed by atoms with Crippen molar-refractivity contribution < 1.29 is 22.8 Å². The maximum absolute atomic E-state index is 13.4. The van der Waals surface area contributed by atoms with Gasteiger partial charge in [-0.05, 0) is 42.3 Å². The number of nitrogens with one attached hydrogen (secondary N) is 2. The molecular weight excluding hydrogens is 473 g/mol. The number of rotatable bonds is 5. The summed E-state index contributed by atoms with van der Waals surface area (Å²) in [4.78, 5) is 38.0. The average molecular weight is 494 g/mol. The Labute approximate surface area is 204 Å². The molecule has 7 nitrogen and oxygen atoms in total. The number of pyridine rings is 1. The Kier molecular flexibility index (Phi) is 6.66. The molecule has 1 unspecified atom stereocenters. The highest BCUT2D eigenvalue weighted by Gasteiger charge is 2.31. The van der Waals surface area contributed by atoms with Crippen LogP contribution in [0.1, 0.15) is 39.2 Å². The van der Waals surface area contributed by atoms with Gasteiger partial charge in [-0.25, -0.2) is 0 Å². The third-order valence-corrected chi connectivity index (χ3v) is 6.02. The molecule has 1 saturated heterocycles. The summed E-state index contributed by atoms with van der Waals surface area (Å²) in [5.74, 6) is -0.949. The number of halogens is 3. The lowest BCUT2D eigenvalue weighted by Crippen LogP contribution is -2.39. The van der Waals surface area contributed by atoms with Gasteiger partial charge in [-0.15, -0.1) is 0 Å². The first-order valence-electron chi connectivity index (χ1n) is 11.0. The normalized spacial score (nSPS) is 15.3. The zero-order valence-electron chi connectivity index (χ0n) is 19.1. The van der Waals surface area contributed by atoms with Crippen LogP contribution in [0.15, 0.2) is 59.5 Å². The Morgan fingerprint density at radius 3 is 2.53 bits per heavy atom. The predicted octanol–water partition coefficient (Wildman–Crippen LogP) is 3.38. The molecule has 0 saturated carbocycles. The number of carbonyl (C=O) groups excluding carboxylic acids is 2. The molecule has 1 aliphatic heterocycles. The first-order chi connectivity index (χ1) is 17.1. The van der Waals surface area contributed by atoms with Crippen LogP contribution in [-0.2, 0) is 17.5 Å². The molecule has 1 aromatic heterocycles. The van der Waals surface area contributed by atoms with Crippen LogP contribution in [0, 0.1) is 18.3 Å². The minimum atomic E-state index is -4.61. The molecule has 1 aliphatic rings. The van der Waals surface area contributed by atoms with E-state index in [9.17, 15) is 27.6 Å². The smallest absolute Gasteiger partial charge is 0.354 e. The van der Waals surface area contributed by atoms with Crippen LogP contribution in [0.4, 0.5) is 13.2 Å². The molecule has 10 heteroatoms. The van der Waals surface area contributed by atoms with E-state index in [2.05, 4.69) is 10.6 Å². The molecule has 2 N–H and O–H groups in total. The molecule has 1 atom stereocenters. The van der Waals surface area contributed by atoms with Crippen LogP contribution in [0.5, 0.6) is 0 Å². The molecule has 184 valence electrons. The second kappa shape index (κ2) is 9.70. The molecule has 0 spiro atoms. The molecule has 1 fully saturated rings. The van der Waals surface area contributed by atoms with Gasteiger partial charge >= 0.3 is 6.18 Å². The Morgan fingerprint density at radius 1 is 1.19 bits per heavy atom. The van der Waals surface area contributed by atoms with Crippen molar-refractivity contribution in [1.29, 1.82) is 5.26 Å². The second-order valence-electron chi connectivity index (χ2n) is 8.53. The van der Waals surface area contributed by atoms with E-state index >= 15 is 0 Å². The third-order valence-electron chi connectivity index (χ3n) is 6.02. The number of carbonyl (C=O) groups is 2. The van der Waals surface area contributed by atoms with E-state index in [0.717, 1.165) is 17.7 Å². The molecule has 4 rings (SSSR count). The number of nitrogens with zero attached hydrogens (tertiary/aromatic N) is 2. The summed E-state index contributed by atoms with van der Waals surface area (Å²) in [6, 6.07) is 12.6. The van der Waals surface area contributed by atoms with Crippen LogP contribution in [-0.4, -0.2) is 29.0 Å². The molecule has 3 aromatic rings. The lowest BCUT2D eigenvalue weighted by atomic mass is 9.98. The van der Waals surface area contributed by atoms with Gasteiger partial charge in [0.05, 0.1) is 23.2 Å². The van der Waals surface area contributed by atoms with Crippen molar-refractivity contribution in [3.8, 4) is 17.2 Å². The number of benzene rings is 2. The summed E-state index contributed by atoms with van der Waals surface area (Å²) in [7, 11) is 0. The van der Waals surface area contributed by atoms with E-state index < -0.39 is 29.1 Å². The first-order valence-corrected chi connectivity index (χ1v) is 11.0. The third kappa shape index (κ3) is 5.15. The van der Waals surface area contributed by atoms with Crippen molar-refractivity contribution in [2.45, 2.75) is 32.1 Å². The van der Waals surface area contributed by atoms with E-state index in [1.807, 2.05) is 6.07 Å². The molecule has 0 radical (unpaired) electrons. The standard InChI is InChI=1S/C26H21F3N4O3/c1-15-23(18-3-2-4-19(9-18)26(27,28)29)24(35)21(25(36)32-20-10-22(34)31-12-20)14-33(15)13-17-7-5-16(11-30)6-8-17/h2-9,14,20H,10,12-13H2,1H3,(H,31,34)(H,32,36). The Bertz CT molecular complexity index is 1440. The average Bonchev–Trinajstić information content (AvgIpc) is 3.25. The fraction of sp³-hybridized carbons (Fsp3) is 0.231. The van der Waals surface area contributed by atoms with Gasteiger partial charge in [0.1, 0.15) is 5.56 Å². The number of aromatic nitrogens is 1. The summed E-state index contributed by atoms with van der Waals surface area (Å²) in [6.07, 6.45) is -3.17. The van der Waals surface area contributed by atoms with Crippen LogP contribution >= 0.6 is 0 Å². The maximum Gasteiger partial charge on any atom is 0.416 e. The van der Waals surface area contributed by atoms with Crippen molar-refractivity contribution in [3.05, 3.63) is 92.9 Å². The molecule has 0 bridgehead atoms. The largest absolute Gasteiger partial charge is 0.416 e. The number of hydrogen-bond donors (Lipinski definition) is 2. The van der Waals surface area contributed by atoms with Crippen molar-refractivity contribution in [2.75, 3.05) is 6.54 Å². The van der Waals surface area contributed by atoms with Gasteiger partial charge in [-0.1, -0.05) is 24.3 Å². The summed E-state index contributed by atoms with van der Waals surface area (Å²) in [6.45, 7) is 2.02. The zero-order valence-corrected chi connectivity index (χ0v) is 19.1. The van der Waals surface area contributed by atoms with E-state index in [0.29, 0.717) is 11.3 Å². The van der Waals surface area contributed by atoms with Crippen molar-refractivity contribution >= 4 is 11.8 Å². The Balaban J connectivity index is 1.83. The highest BCUT2D eigenvalue weighted by Crippen LogP contribution is 2.32. The monoisotopic (exact) mass is 494 g/mol. The quantitative estimate of drug-likeness (QED) is 0.568. The molecule has 2 aromatic carbocycles. The molecule has 2 amide bonds. The van der Waals surface area contributed by atoms with Crippen LogP contribution in [0.25, 0.3) is 11.1 Å². The number of hydrogen-bond acceptors (Lipinski definition) is 4. The van der Waals surface area contributed by atoms with Gasteiger partial charge in [0, 0.05) is 37.0 Å². The van der Waals surface area contributed by atoms with Gasteiger partial charge in [0.25, 0.3) is 5.91 Å². The van der Waals surface area contributed by atoms with Gasteiger partial charge in [-0.3, -0.25) is 14.4 Å². The molecular formula is C26H21F3N4O3. The topological polar surface area (TPSA) is 104 Å². The summed E-state index contributed by atoms with van der Waals surface area (Å²) < 4.78 is 41.7. The zero-order chi connectivity index (χ0) is 26.0. The fourth-order valence-electron chi connectivity index (χ4n) is 4.12. The van der Waals surface area contributed by atoms with E-state index in [1.54, 1.807) is 35.8 Å². The Hall–Kier alpha value is -4.39. The number of amides is 2. The van der Waals surface area contributed by atoms with Gasteiger partial charge in [0.15, 0.2) is 0 Å². The Morgan fingerprint density at radius 2 is 1.92 bits per heavy atom. The summed E-state index contributed by atoms with van der Waals surface area (Å²) in [5.41, 5.74) is -0.275. The maximum atomic E-state index is 13.4. The van der Waals surface area contributed by atoms with Crippen molar-refractivity contribution in [2.24, 2.45) is 0 Å². The van der Waals surface area contributed by atoms with Crippen molar-refractivity contribution in [1.82, 2.24) is 15.2 Å². The van der Waals surface area contributed by atoms with Crippen LogP contribution in [0.2, 0.25) is 0 Å². The van der Waals surface area contributed by atoms with Gasteiger partial charge in [-0.2, -0.15) is 18.4 Å². The van der Waals surface area contributed by atoms with E-state index in [1.165, 1.54) is 18.3 Å². The minimum Gasteiger partial charge on any atom is -0.354 e. The lowest BCUT2D eigenvalue weighted by Gasteiger charge is -2.19. The van der Waals surface area contributed by atoms with E-state index in [-0.39, 0.29) is 42.1 Å². The number of alkyl halides is 3. The molecule has 0 aliphatic carbocycles. The summed E-state index contributed by atoms with van der Waals surface area (Å²) >= 11 is 0. The molecule has 2 heterocycles. The van der Waals surface area contributed by atoms with Gasteiger partial charge < -0.3 is 15.2 Å². The van der Waals surface area contributed by atoms with Gasteiger partial charge in [0.2, 0.25) is 11.3 Å². The van der Waals surface area contributed by atoms with Crippen molar-refractivity contribution in [3.63, 3.8) is 0 Å². The van der Waals surface area contributed by atoms with Crippen LogP contribution in [0.3, 0.4) is 0 Å². The number of nitriles is 1.